The van der Waals surface area contributed by atoms with Gasteiger partial charge in [-0.25, -0.2) is 0 Å². The maximum atomic E-state index is 7.77. The van der Waals surface area contributed by atoms with Crippen LogP contribution >= 0.6 is 0 Å². The molecule has 253 valence electrons. The minimum atomic E-state index is -2.27. The number of benzene rings is 5. The first-order valence-electron chi connectivity index (χ1n) is 19.2. The molecule has 0 amide bonds. The summed E-state index contributed by atoms with van der Waals surface area (Å²) in [5, 5.41) is 1.97. The molecular weight excluding hydrogens is 809 g/mol. The van der Waals surface area contributed by atoms with E-state index in [-0.39, 0.29) is 31.2 Å². The van der Waals surface area contributed by atoms with Crippen LogP contribution in [0.25, 0.3) is 55.6 Å². The number of para-hydroxylation sites is 2. The summed E-state index contributed by atoms with van der Waals surface area (Å²) in [7, 11) is 0. The molecule has 5 aromatic carbocycles. The van der Waals surface area contributed by atoms with Gasteiger partial charge in [-0.1, -0.05) is 103 Å². The molecule has 0 saturated heterocycles. The van der Waals surface area contributed by atoms with Crippen LogP contribution < -0.4 is 9.47 Å². The predicted molar refractivity (Wildman–Crippen MR) is 200 cm³/mol. The van der Waals surface area contributed by atoms with E-state index < -0.39 is 13.7 Å². The van der Waals surface area contributed by atoms with Crippen molar-refractivity contribution in [2.24, 2.45) is 0 Å². The van der Waals surface area contributed by atoms with E-state index in [9.17, 15) is 0 Å². The molecule has 8 aromatic rings. The smallest absolute Gasteiger partial charge is 0.173 e. The molecule has 5 nitrogen and oxygen atoms in total. The molecule has 0 saturated carbocycles. The third-order valence-electron chi connectivity index (χ3n) is 8.57. The first-order chi connectivity index (χ1) is 26.8. The van der Waals surface area contributed by atoms with Crippen LogP contribution in [-0.4, -0.2) is 9.97 Å². The van der Waals surface area contributed by atoms with Crippen molar-refractivity contribution in [3.63, 3.8) is 0 Å². The molecule has 6 heteroatoms. The molecule has 0 aliphatic carbocycles. The summed E-state index contributed by atoms with van der Waals surface area (Å²) in [5.41, 5.74) is 7.33. The van der Waals surface area contributed by atoms with Crippen molar-refractivity contribution in [2.45, 2.75) is 33.5 Å². The summed E-state index contributed by atoms with van der Waals surface area (Å²) >= 11 is 0. The summed E-state index contributed by atoms with van der Waals surface area (Å²) in [6, 6.07) is 41.4. The molecule has 4 heterocycles. The molecule has 0 N–H and O–H groups in total. The fourth-order valence-electron chi connectivity index (χ4n) is 5.95. The zero-order chi connectivity index (χ0) is 39.2. The third-order valence-corrected chi connectivity index (χ3v) is 8.57. The van der Waals surface area contributed by atoms with Gasteiger partial charge in [0.15, 0.2) is 23.0 Å². The molecule has 1 aliphatic heterocycles. The van der Waals surface area contributed by atoms with Crippen molar-refractivity contribution in [3.8, 4) is 56.6 Å². The molecule has 0 spiro atoms. The zero-order valence-corrected chi connectivity index (χ0v) is 30.0. The first-order valence-corrected chi connectivity index (χ1v) is 16.2. The number of furan rings is 1. The molecule has 0 bridgehead atoms. The van der Waals surface area contributed by atoms with Crippen LogP contribution in [0, 0.1) is 25.8 Å². The molecule has 0 atom stereocenters. The fraction of sp³-hybridized carbons (Fsp3) is 0.111. The Morgan fingerprint density at radius 1 is 0.706 bits per heavy atom. The van der Waals surface area contributed by atoms with Gasteiger partial charge >= 0.3 is 0 Å². The average Bonchev–Trinajstić information content (AvgIpc) is 3.56. The summed E-state index contributed by atoms with van der Waals surface area (Å²) in [5.74, 6) is 3.15. The Hall–Kier alpha value is -5.55. The Morgan fingerprint density at radius 3 is 2.22 bits per heavy atom. The van der Waals surface area contributed by atoms with E-state index in [2.05, 4.69) is 42.0 Å². The molecule has 1 radical (unpaired) electrons. The average molecular weight is 849 g/mol. The number of hydrogen-bond donors (Lipinski definition) is 0. The number of aromatic nitrogens is 2. The van der Waals surface area contributed by atoms with Gasteiger partial charge in [-0.3, -0.25) is 0 Å². The van der Waals surface area contributed by atoms with Gasteiger partial charge < -0.3 is 23.9 Å². The van der Waals surface area contributed by atoms with E-state index in [4.69, 9.17) is 22.1 Å². The van der Waals surface area contributed by atoms with Crippen LogP contribution in [0.3, 0.4) is 0 Å². The maximum absolute atomic E-state index is 7.77. The Morgan fingerprint density at radius 2 is 1.49 bits per heavy atom. The maximum Gasteiger partial charge on any atom is 0.173 e. The third kappa shape index (κ3) is 6.81. The number of fused-ring (bicyclic) bond motifs is 5. The summed E-state index contributed by atoms with van der Waals surface area (Å²) in [4.78, 5) is 8.79. The van der Waals surface area contributed by atoms with E-state index in [1.54, 1.807) is 12.1 Å². The second-order valence-electron chi connectivity index (χ2n) is 12.2. The van der Waals surface area contributed by atoms with Crippen molar-refractivity contribution in [1.29, 1.82) is 0 Å². The van der Waals surface area contributed by atoms with Crippen molar-refractivity contribution >= 4 is 21.9 Å². The van der Waals surface area contributed by atoms with E-state index in [0.29, 0.717) is 45.7 Å². The molecule has 1 aliphatic rings. The normalized spacial score (nSPS) is 13.7. The Kier molecular flexibility index (Phi) is 7.66. The first kappa shape index (κ1) is 27.2. The van der Waals surface area contributed by atoms with Gasteiger partial charge in [0.25, 0.3) is 0 Å². The molecule has 0 unspecified atom stereocenters. The van der Waals surface area contributed by atoms with Crippen LogP contribution in [0.15, 0.2) is 132 Å². The number of nitrogens with zero attached hydrogens (tertiary/aromatic N) is 2. The van der Waals surface area contributed by atoms with Crippen LogP contribution in [-0.2, 0) is 20.1 Å². The van der Waals surface area contributed by atoms with E-state index >= 15 is 0 Å². The molecule has 3 aromatic heterocycles. The van der Waals surface area contributed by atoms with Crippen LogP contribution in [0.1, 0.15) is 44.7 Å². The van der Waals surface area contributed by atoms with Crippen LogP contribution in [0.5, 0.6) is 23.0 Å². The van der Waals surface area contributed by atoms with E-state index in [1.807, 2.05) is 91.1 Å². The summed E-state index contributed by atoms with van der Waals surface area (Å²) in [6.45, 7) is -0.130. The largest absolute Gasteiger partial charge is 0.500 e. The monoisotopic (exact) mass is 849 g/mol. The molecule has 9 rings (SSSR count). The van der Waals surface area contributed by atoms with Gasteiger partial charge in [0.2, 0.25) is 0 Å². The van der Waals surface area contributed by atoms with Crippen LogP contribution in [0.4, 0.5) is 0 Å². The summed E-state index contributed by atoms with van der Waals surface area (Å²) in [6.07, 6.45) is 3.16. The minimum absolute atomic E-state index is 0. The standard InChI is InChI=1S/C26H18NO3.C19H16N.Ir/c1-15(2)16-10-11-27-20(12-16)18-7-5-6-17-19-13-24-25(14-23(19)30-26(17)18)29-22-9-4-3-8-21(22)28-24;1-14-8-11-19(20-13-14)17-10-9-15(2)18(12-17)16-6-4-3-5-7-16;/h3-6,8-15H,1-2H3;3-9,11-13H,1-2H3;/q2*-1;/i;1D3,2D3;. The second-order valence-corrected chi connectivity index (χ2v) is 12.2. The van der Waals surface area contributed by atoms with Gasteiger partial charge in [-0.2, -0.15) is 0 Å². The second kappa shape index (κ2) is 14.4. The fourth-order valence-corrected chi connectivity index (χ4v) is 5.95. The van der Waals surface area contributed by atoms with Gasteiger partial charge in [-0.15, -0.1) is 47.5 Å². The van der Waals surface area contributed by atoms with Crippen molar-refractivity contribution in [1.82, 2.24) is 9.97 Å². The van der Waals surface area contributed by atoms with Crippen LogP contribution in [0.2, 0.25) is 0 Å². The SMILES string of the molecule is CC(C)c1ccnc(-c2[c-]ccc3c2oc2cc4c(cc23)Oc2ccccc2O4)c1.[2H]C([2H])([2H])c1ccc(-c2[c-]cc(C([2H])([2H])[2H])c(-c3ccccc3)c2)nc1.[Ir]. The Balaban J connectivity index is 0.000000173. The minimum Gasteiger partial charge on any atom is -0.500 e. The molecule has 51 heavy (non-hydrogen) atoms. The van der Waals surface area contributed by atoms with Crippen molar-refractivity contribution < 1.29 is 42.2 Å². The number of ether oxygens (including phenoxy) is 2. The van der Waals surface area contributed by atoms with Gasteiger partial charge in [0, 0.05) is 52.2 Å². The van der Waals surface area contributed by atoms with Gasteiger partial charge in [0.1, 0.15) is 5.58 Å². The number of rotatable bonds is 4. The number of pyridine rings is 2. The van der Waals surface area contributed by atoms with E-state index in [0.717, 1.165) is 38.8 Å². The van der Waals surface area contributed by atoms with Gasteiger partial charge in [-0.05, 0) is 59.6 Å². The number of aryl methyl sites for hydroxylation is 2. The zero-order valence-electron chi connectivity index (χ0n) is 33.7. The quantitative estimate of drug-likeness (QED) is 0.165. The topological polar surface area (TPSA) is 57.4 Å². The molecular formula is C45H34IrN2O3-2. The molecule has 0 fully saturated rings. The van der Waals surface area contributed by atoms with E-state index in [1.165, 1.54) is 23.9 Å². The van der Waals surface area contributed by atoms with Crippen molar-refractivity contribution in [2.75, 3.05) is 0 Å². The van der Waals surface area contributed by atoms with Gasteiger partial charge in [0.05, 0.1) is 5.58 Å². The van der Waals surface area contributed by atoms with Crippen molar-refractivity contribution in [3.05, 3.63) is 156 Å². The summed E-state index contributed by atoms with van der Waals surface area (Å²) < 4.78 is 63.9. The number of hydrogen-bond acceptors (Lipinski definition) is 5. The Bertz CT molecular complexity index is 2710. The predicted octanol–water partition coefficient (Wildman–Crippen LogP) is 12.3. The Labute approximate surface area is 319 Å².